The van der Waals surface area contributed by atoms with Gasteiger partial charge in [-0.1, -0.05) is 63.1 Å². The van der Waals surface area contributed by atoms with E-state index in [4.69, 9.17) is 11.6 Å². The predicted molar refractivity (Wildman–Crippen MR) is 86.1 cm³/mol. The maximum atomic E-state index is 12.0. The molecule has 0 unspecified atom stereocenters. The molecule has 1 aromatic rings. The molecule has 0 atom stereocenters. The van der Waals surface area contributed by atoms with Crippen molar-refractivity contribution in [3.8, 4) is 0 Å². The van der Waals surface area contributed by atoms with Crippen molar-refractivity contribution in [2.45, 2.75) is 58.3 Å². The SMILES string of the molecule is CCCCCCCCCC(=O)c1cccc(Br)c1Cl. The molecule has 0 heterocycles. The molecule has 1 aromatic carbocycles. The molecule has 106 valence electrons. The van der Waals surface area contributed by atoms with Crippen LogP contribution in [0.3, 0.4) is 0 Å². The van der Waals surface area contributed by atoms with Crippen molar-refractivity contribution in [2.75, 3.05) is 0 Å². The average Bonchev–Trinajstić information content (AvgIpc) is 2.40. The van der Waals surface area contributed by atoms with Gasteiger partial charge in [-0.3, -0.25) is 4.79 Å². The first-order valence-electron chi connectivity index (χ1n) is 7.14. The molecular formula is C16H22BrClO. The monoisotopic (exact) mass is 344 g/mol. The third-order valence-corrected chi connectivity index (χ3v) is 4.56. The van der Waals surface area contributed by atoms with E-state index in [0.717, 1.165) is 17.3 Å². The molecule has 0 saturated carbocycles. The molecule has 0 amide bonds. The highest BCUT2D eigenvalue weighted by Gasteiger charge is 2.11. The third kappa shape index (κ3) is 6.09. The molecule has 19 heavy (non-hydrogen) atoms. The van der Waals surface area contributed by atoms with Crippen LogP contribution in [0.4, 0.5) is 0 Å². The first-order valence-corrected chi connectivity index (χ1v) is 8.31. The van der Waals surface area contributed by atoms with Crippen LogP contribution in [0.2, 0.25) is 5.02 Å². The van der Waals surface area contributed by atoms with Crippen molar-refractivity contribution in [3.05, 3.63) is 33.3 Å². The lowest BCUT2D eigenvalue weighted by Gasteiger charge is -2.05. The van der Waals surface area contributed by atoms with Gasteiger partial charge in [0.2, 0.25) is 0 Å². The summed E-state index contributed by atoms with van der Waals surface area (Å²) in [6.07, 6.45) is 9.16. The van der Waals surface area contributed by atoms with Gasteiger partial charge in [0.15, 0.2) is 5.78 Å². The summed E-state index contributed by atoms with van der Waals surface area (Å²) in [5.74, 6) is 0.153. The summed E-state index contributed by atoms with van der Waals surface area (Å²) in [5, 5.41) is 0.537. The lowest BCUT2D eigenvalue weighted by atomic mass is 10.0. The van der Waals surface area contributed by atoms with Crippen LogP contribution in [0.5, 0.6) is 0 Å². The van der Waals surface area contributed by atoms with E-state index in [1.165, 1.54) is 32.1 Å². The number of ketones is 1. The zero-order valence-electron chi connectivity index (χ0n) is 11.6. The summed E-state index contributed by atoms with van der Waals surface area (Å²) in [4.78, 5) is 12.0. The molecule has 0 spiro atoms. The topological polar surface area (TPSA) is 17.1 Å². The molecule has 0 radical (unpaired) electrons. The van der Waals surface area contributed by atoms with E-state index >= 15 is 0 Å². The lowest BCUT2D eigenvalue weighted by molar-refractivity contribution is 0.0979. The van der Waals surface area contributed by atoms with E-state index in [-0.39, 0.29) is 5.78 Å². The van der Waals surface area contributed by atoms with Crippen molar-refractivity contribution in [1.29, 1.82) is 0 Å². The standard InChI is InChI=1S/C16H22BrClO/c1-2-3-4-5-6-7-8-12-15(19)13-10-9-11-14(17)16(13)18/h9-11H,2-8,12H2,1H3. The van der Waals surface area contributed by atoms with E-state index in [0.29, 0.717) is 17.0 Å². The Morgan fingerprint density at radius 2 is 1.74 bits per heavy atom. The summed E-state index contributed by atoms with van der Waals surface area (Å²) < 4.78 is 0.791. The fourth-order valence-corrected chi connectivity index (χ4v) is 2.69. The van der Waals surface area contributed by atoms with E-state index < -0.39 is 0 Å². The highest BCUT2D eigenvalue weighted by molar-refractivity contribution is 9.10. The minimum Gasteiger partial charge on any atom is -0.294 e. The number of halogens is 2. The molecular weight excluding hydrogens is 324 g/mol. The molecule has 3 heteroatoms. The normalized spacial score (nSPS) is 10.7. The first-order chi connectivity index (χ1) is 9.16. The number of carbonyl (C=O) groups is 1. The second-order valence-corrected chi connectivity index (χ2v) is 6.13. The van der Waals surface area contributed by atoms with Gasteiger partial charge in [-0.2, -0.15) is 0 Å². The minimum atomic E-state index is 0.153. The second-order valence-electron chi connectivity index (χ2n) is 4.90. The number of rotatable bonds is 9. The van der Waals surface area contributed by atoms with Gasteiger partial charge in [-0.05, 0) is 34.5 Å². The number of Topliss-reactive ketones (excluding diaryl/α,β-unsaturated/α-hetero) is 1. The molecule has 0 saturated heterocycles. The van der Waals surface area contributed by atoms with Gasteiger partial charge in [-0.15, -0.1) is 0 Å². The number of benzene rings is 1. The number of carbonyl (C=O) groups excluding carboxylic acids is 1. The zero-order valence-corrected chi connectivity index (χ0v) is 13.9. The average molecular weight is 346 g/mol. The first kappa shape index (κ1) is 16.7. The van der Waals surface area contributed by atoms with Crippen LogP contribution in [-0.2, 0) is 0 Å². The molecule has 0 fully saturated rings. The summed E-state index contributed by atoms with van der Waals surface area (Å²) in [6.45, 7) is 2.22. The van der Waals surface area contributed by atoms with E-state index in [2.05, 4.69) is 22.9 Å². The fraction of sp³-hybridized carbons (Fsp3) is 0.562. The molecule has 0 N–H and O–H groups in total. The summed E-state index contributed by atoms with van der Waals surface area (Å²) in [7, 11) is 0. The third-order valence-electron chi connectivity index (χ3n) is 3.26. The summed E-state index contributed by atoms with van der Waals surface area (Å²) in [5.41, 5.74) is 0.641. The van der Waals surface area contributed by atoms with E-state index in [1.807, 2.05) is 12.1 Å². The van der Waals surface area contributed by atoms with Gasteiger partial charge < -0.3 is 0 Å². The second kappa shape index (κ2) is 9.55. The maximum Gasteiger partial charge on any atom is 0.164 e. The quantitative estimate of drug-likeness (QED) is 0.372. The molecule has 0 aliphatic rings. The molecule has 1 rings (SSSR count). The Kier molecular flexibility index (Phi) is 8.40. The van der Waals surface area contributed by atoms with Crippen LogP contribution in [0.25, 0.3) is 0 Å². The van der Waals surface area contributed by atoms with E-state index in [1.54, 1.807) is 6.07 Å². The van der Waals surface area contributed by atoms with Gasteiger partial charge in [-0.25, -0.2) is 0 Å². The Morgan fingerprint density at radius 3 is 2.42 bits per heavy atom. The van der Waals surface area contributed by atoms with E-state index in [9.17, 15) is 4.79 Å². The van der Waals surface area contributed by atoms with Crippen molar-refractivity contribution >= 4 is 33.3 Å². The van der Waals surface area contributed by atoms with Gasteiger partial charge in [0.25, 0.3) is 0 Å². The number of hydrogen-bond donors (Lipinski definition) is 0. The Hall–Kier alpha value is -0.340. The van der Waals surface area contributed by atoms with Crippen molar-refractivity contribution in [2.24, 2.45) is 0 Å². The smallest absolute Gasteiger partial charge is 0.164 e. The van der Waals surface area contributed by atoms with Crippen LogP contribution >= 0.6 is 27.5 Å². The summed E-state index contributed by atoms with van der Waals surface area (Å²) in [6, 6.07) is 5.51. The lowest BCUT2D eigenvalue weighted by Crippen LogP contribution is -2.00. The fourth-order valence-electron chi connectivity index (χ4n) is 2.10. The van der Waals surface area contributed by atoms with Crippen molar-refractivity contribution in [1.82, 2.24) is 0 Å². The molecule has 1 nitrogen and oxygen atoms in total. The minimum absolute atomic E-state index is 0.153. The Morgan fingerprint density at radius 1 is 1.11 bits per heavy atom. The van der Waals surface area contributed by atoms with Crippen molar-refractivity contribution in [3.63, 3.8) is 0 Å². The highest BCUT2D eigenvalue weighted by atomic mass is 79.9. The summed E-state index contributed by atoms with van der Waals surface area (Å²) >= 11 is 9.46. The zero-order chi connectivity index (χ0) is 14.1. The molecule has 0 bridgehead atoms. The number of hydrogen-bond acceptors (Lipinski definition) is 1. The van der Waals surface area contributed by atoms with Gasteiger partial charge >= 0.3 is 0 Å². The Bertz CT molecular complexity index is 404. The van der Waals surface area contributed by atoms with Crippen LogP contribution in [0.15, 0.2) is 22.7 Å². The largest absolute Gasteiger partial charge is 0.294 e. The van der Waals surface area contributed by atoms with Gasteiger partial charge in [0.1, 0.15) is 0 Å². The number of unbranched alkanes of at least 4 members (excludes halogenated alkanes) is 6. The Labute approximate surface area is 129 Å². The highest BCUT2D eigenvalue weighted by Crippen LogP contribution is 2.27. The van der Waals surface area contributed by atoms with Crippen LogP contribution in [0, 0.1) is 0 Å². The van der Waals surface area contributed by atoms with Gasteiger partial charge in [0, 0.05) is 16.5 Å². The van der Waals surface area contributed by atoms with Crippen LogP contribution in [-0.4, -0.2) is 5.78 Å². The van der Waals surface area contributed by atoms with Gasteiger partial charge in [0.05, 0.1) is 5.02 Å². The molecule has 0 aromatic heterocycles. The Balaban J connectivity index is 2.26. The molecule has 0 aliphatic heterocycles. The van der Waals surface area contributed by atoms with Crippen molar-refractivity contribution < 1.29 is 4.79 Å². The van der Waals surface area contributed by atoms with Crippen LogP contribution < -0.4 is 0 Å². The maximum absolute atomic E-state index is 12.0. The van der Waals surface area contributed by atoms with Crippen LogP contribution in [0.1, 0.15) is 68.6 Å². The molecule has 0 aliphatic carbocycles. The predicted octanol–water partition coefficient (Wildman–Crippen LogP) is 6.43.